The molecule has 0 saturated carbocycles. The molecule has 4 rings (SSSR count). The van der Waals surface area contributed by atoms with E-state index in [1.54, 1.807) is 24.3 Å². The molecule has 4 N–H and O–H groups in total. The highest BCUT2D eigenvalue weighted by Crippen LogP contribution is 2.30. The Labute approximate surface area is 192 Å². The number of sulfonamides is 1. The monoisotopic (exact) mass is 463 g/mol. The third kappa shape index (κ3) is 4.92. The van der Waals surface area contributed by atoms with Gasteiger partial charge >= 0.3 is 0 Å². The van der Waals surface area contributed by atoms with E-state index in [9.17, 15) is 18.3 Å². The van der Waals surface area contributed by atoms with Gasteiger partial charge in [0.15, 0.2) is 0 Å². The zero-order valence-electron chi connectivity index (χ0n) is 18.2. The first-order valence-electron chi connectivity index (χ1n) is 10.5. The van der Waals surface area contributed by atoms with E-state index >= 15 is 0 Å². The third-order valence-corrected chi connectivity index (χ3v) is 6.60. The van der Waals surface area contributed by atoms with E-state index in [4.69, 9.17) is 5.14 Å². The molecule has 0 aliphatic rings. The maximum absolute atomic E-state index is 13.1. The molecular formula is C25H25N3O4S. The zero-order valence-corrected chi connectivity index (χ0v) is 19.0. The first kappa shape index (κ1) is 22.6. The molecule has 0 radical (unpaired) electrons. The highest BCUT2D eigenvalue weighted by atomic mass is 32.2. The highest BCUT2D eigenvalue weighted by Gasteiger charge is 2.20. The van der Waals surface area contributed by atoms with Crippen LogP contribution in [0.3, 0.4) is 0 Å². The topological polar surface area (TPSA) is 114 Å². The van der Waals surface area contributed by atoms with Crippen LogP contribution in [0.5, 0.6) is 5.75 Å². The molecule has 0 atom stereocenters. The second-order valence-corrected chi connectivity index (χ2v) is 9.49. The van der Waals surface area contributed by atoms with Crippen molar-refractivity contribution in [3.8, 4) is 5.75 Å². The Bertz CT molecular complexity index is 1410. The first-order valence-corrected chi connectivity index (χ1v) is 12.0. The van der Waals surface area contributed by atoms with Gasteiger partial charge in [-0.05, 0) is 54.8 Å². The summed E-state index contributed by atoms with van der Waals surface area (Å²) in [5.74, 6) is -0.126. The van der Waals surface area contributed by atoms with E-state index in [0.29, 0.717) is 30.5 Å². The molecule has 0 unspecified atom stereocenters. The van der Waals surface area contributed by atoms with Gasteiger partial charge < -0.3 is 15.0 Å². The second kappa shape index (κ2) is 9.09. The normalized spacial score (nSPS) is 11.6. The molecule has 0 saturated heterocycles. The Morgan fingerprint density at radius 3 is 2.36 bits per heavy atom. The predicted octanol–water partition coefficient (Wildman–Crippen LogP) is 3.32. The van der Waals surface area contributed by atoms with Crippen molar-refractivity contribution >= 4 is 26.8 Å². The molecule has 8 heteroatoms. The van der Waals surface area contributed by atoms with Gasteiger partial charge in [-0.1, -0.05) is 42.5 Å². The number of hydrogen-bond donors (Lipinski definition) is 3. The maximum Gasteiger partial charge on any atom is 0.253 e. The summed E-state index contributed by atoms with van der Waals surface area (Å²) in [6.07, 6.45) is 0.531. The standard InChI is InChI=1S/C25H25N3O4S/c1-17-24(25(30)27-14-13-18-7-10-21(11-8-18)33(26,31)32)22-15-20(29)9-12-23(22)28(17)16-19-5-3-2-4-6-19/h2-12,15,29H,13-14,16H2,1H3,(H,27,30)(H2,26,31,32). The molecule has 7 nitrogen and oxygen atoms in total. The van der Waals surface area contributed by atoms with Crippen molar-refractivity contribution in [1.29, 1.82) is 0 Å². The molecule has 3 aromatic carbocycles. The highest BCUT2D eigenvalue weighted by molar-refractivity contribution is 7.89. The summed E-state index contributed by atoms with van der Waals surface area (Å²) in [4.78, 5) is 13.2. The molecule has 1 aromatic heterocycles. The average Bonchev–Trinajstić information content (AvgIpc) is 3.04. The van der Waals surface area contributed by atoms with Crippen LogP contribution in [0.2, 0.25) is 0 Å². The summed E-state index contributed by atoms with van der Waals surface area (Å²) < 4.78 is 24.8. The number of rotatable bonds is 7. The van der Waals surface area contributed by atoms with E-state index < -0.39 is 10.0 Å². The summed E-state index contributed by atoms with van der Waals surface area (Å²) in [5.41, 5.74) is 4.21. The predicted molar refractivity (Wildman–Crippen MR) is 128 cm³/mol. The SMILES string of the molecule is Cc1c(C(=O)NCCc2ccc(S(N)(=O)=O)cc2)c2cc(O)ccc2n1Cc1ccccc1. The molecule has 1 heterocycles. The zero-order chi connectivity index (χ0) is 23.6. The van der Waals surface area contributed by atoms with Crippen LogP contribution in [0, 0.1) is 6.92 Å². The number of nitrogens with zero attached hydrogens (tertiary/aromatic N) is 1. The number of nitrogens with one attached hydrogen (secondary N) is 1. The lowest BCUT2D eigenvalue weighted by molar-refractivity contribution is 0.0955. The Morgan fingerprint density at radius 2 is 1.70 bits per heavy atom. The van der Waals surface area contributed by atoms with Crippen molar-refractivity contribution < 1.29 is 18.3 Å². The van der Waals surface area contributed by atoms with Crippen molar-refractivity contribution in [2.75, 3.05) is 6.54 Å². The molecule has 0 fully saturated rings. The van der Waals surface area contributed by atoms with Crippen LogP contribution in [-0.2, 0) is 23.0 Å². The molecule has 0 spiro atoms. The average molecular weight is 464 g/mol. The number of nitrogens with two attached hydrogens (primary N) is 1. The molecule has 170 valence electrons. The fourth-order valence-corrected chi connectivity index (χ4v) is 4.50. The molecule has 0 aliphatic heterocycles. The van der Waals surface area contributed by atoms with E-state index in [2.05, 4.69) is 9.88 Å². The Balaban J connectivity index is 1.55. The van der Waals surface area contributed by atoms with Gasteiger partial charge in [0, 0.05) is 29.7 Å². The van der Waals surface area contributed by atoms with Crippen LogP contribution in [0.4, 0.5) is 0 Å². The number of carbonyl (C=O) groups is 1. The van der Waals surface area contributed by atoms with Crippen LogP contribution in [-0.4, -0.2) is 30.5 Å². The number of aromatic hydroxyl groups is 1. The van der Waals surface area contributed by atoms with Gasteiger partial charge in [0.2, 0.25) is 10.0 Å². The number of carbonyl (C=O) groups excluding carboxylic acids is 1. The smallest absolute Gasteiger partial charge is 0.253 e. The quantitative estimate of drug-likeness (QED) is 0.390. The Kier molecular flexibility index (Phi) is 6.22. The van der Waals surface area contributed by atoms with E-state index in [-0.39, 0.29) is 16.6 Å². The number of phenolic OH excluding ortho intramolecular Hbond substituents is 1. The molecule has 0 bridgehead atoms. The lowest BCUT2D eigenvalue weighted by Crippen LogP contribution is -2.26. The van der Waals surface area contributed by atoms with Crippen LogP contribution >= 0.6 is 0 Å². The number of phenols is 1. The maximum atomic E-state index is 13.1. The van der Waals surface area contributed by atoms with Crippen molar-refractivity contribution in [2.45, 2.75) is 24.8 Å². The van der Waals surface area contributed by atoms with Crippen molar-refractivity contribution in [3.63, 3.8) is 0 Å². The van der Waals surface area contributed by atoms with Crippen LogP contribution in [0.25, 0.3) is 10.9 Å². The van der Waals surface area contributed by atoms with Gasteiger partial charge in [-0.3, -0.25) is 4.79 Å². The Hall–Kier alpha value is -3.62. The fraction of sp³-hybridized carbons (Fsp3) is 0.160. The third-order valence-electron chi connectivity index (χ3n) is 5.67. The number of primary sulfonamides is 1. The molecular weight excluding hydrogens is 438 g/mol. The summed E-state index contributed by atoms with van der Waals surface area (Å²) in [6.45, 7) is 2.88. The lowest BCUT2D eigenvalue weighted by atomic mass is 10.1. The Morgan fingerprint density at radius 1 is 1.00 bits per heavy atom. The summed E-state index contributed by atoms with van der Waals surface area (Å²) in [6, 6.07) is 21.3. The minimum absolute atomic E-state index is 0.0527. The second-order valence-electron chi connectivity index (χ2n) is 7.93. The number of aromatic nitrogens is 1. The van der Waals surface area contributed by atoms with Crippen LogP contribution in [0.15, 0.2) is 77.7 Å². The van der Waals surface area contributed by atoms with E-state index in [1.807, 2.05) is 43.3 Å². The van der Waals surface area contributed by atoms with Gasteiger partial charge in [-0.25, -0.2) is 13.6 Å². The molecule has 4 aromatic rings. The van der Waals surface area contributed by atoms with Gasteiger partial charge in [-0.2, -0.15) is 0 Å². The van der Waals surface area contributed by atoms with Crippen LogP contribution in [0.1, 0.15) is 27.2 Å². The number of amides is 1. The first-order chi connectivity index (χ1) is 15.7. The van der Waals surface area contributed by atoms with Gasteiger partial charge in [-0.15, -0.1) is 0 Å². The van der Waals surface area contributed by atoms with Crippen molar-refractivity contribution in [1.82, 2.24) is 9.88 Å². The van der Waals surface area contributed by atoms with Crippen molar-refractivity contribution in [3.05, 3.63) is 95.2 Å². The fourth-order valence-electron chi connectivity index (χ4n) is 3.98. The van der Waals surface area contributed by atoms with Gasteiger partial charge in [0.25, 0.3) is 5.91 Å². The molecule has 33 heavy (non-hydrogen) atoms. The number of fused-ring (bicyclic) bond motifs is 1. The van der Waals surface area contributed by atoms with Gasteiger partial charge in [0.05, 0.1) is 10.5 Å². The summed E-state index contributed by atoms with van der Waals surface area (Å²) >= 11 is 0. The van der Waals surface area contributed by atoms with Crippen molar-refractivity contribution in [2.24, 2.45) is 5.14 Å². The van der Waals surface area contributed by atoms with Crippen LogP contribution < -0.4 is 10.5 Å². The number of hydrogen-bond acceptors (Lipinski definition) is 4. The van der Waals surface area contributed by atoms with E-state index in [1.165, 1.54) is 12.1 Å². The summed E-state index contributed by atoms with van der Waals surface area (Å²) in [5, 5.41) is 18.8. The largest absolute Gasteiger partial charge is 0.508 e. The van der Waals surface area contributed by atoms with E-state index in [0.717, 1.165) is 22.3 Å². The van der Waals surface area contributed by atoms with Gasteiger partial charge in [0.1, 0.15) is 5.75 Å². The minimum atomic E-state index is -3.73. The molecule has 0 aliphatic carbocycles. The molecule has 1 amide bonds. The lowest BCUT2D eigenvalue weighted by Gasteiger charge is -2.09. The number of benzene rings is 3. The minimum Gasteiger partial charge on any atom is -0.508 e. The summed E-state index contributed by atoms with van der Waals surface area (Å²) in [7, 11) is -3.73.